The van der Waals surface area contributed by atoms with E-state index in [0.29, 0.717) is 0 Å². The first-order valence-electron chi connectivity index (χ1n) is 7.85. The van der Waals surface area contributed by atoms with Crippen molar-refractivity contribution in [2.24, 2.45) is 0 Å². The van der Waals surface area contributed by atoms with Crippen LogP contribution in [-0.2, 0) is 6.42 Å². The van der Waals surface area contributed by atoms with Crippen LogP contribution >= 0.6 is 0 Å². The van der Waals surface area contributed by atoms with Gasteiger partial charge in [-0.25, -0.2) is 0 Å². The third-order valence-electron chi connectivity index (χ3n) is 5.05. The predicted octanol–water partition coefficient (Wildman–Crippen LogP) is 5.78. The van der Waals surface area contributed by atoms with Gasteiger partial charge in [0.15, 0.2) is 0 Å². The van der Waals surface area contributed by atoms with E-state index in [-0.39, 0.29) is 0 Å². The van der Waals surface area contributed by atoms with E-state index >= 15 is 0 Å². The van der Waals surface area contributed by atoms with Gasteiger partial charge in [0.05, 0.1) is 0 Å². The van der Waals surface area contributed by atoms with Crippen LogP contribution < -0.4 is 0 Å². The molecule has 0 atom stereocenters. The molecule has 0 heterocycles. The second-order valence-electron chi connectivity index (χ2n) is 6.26. The maximum Gasteiger partial charge on any atom is -0.000750 e. The highest BCUT2D eigenvalue weighted by atomic mass is 14.2. The van der Waals surface area contributed by atoms with Gasteiger partial charge in [0.25, 0.3) is 0 Å². The van der Waals surface area contributed by atoms with Crippen LogP contribution in [-0.4, -0.2) is 0 Å². The summed E-state index contributed by atoms with van der Waals surface area (Å²) in [7, 11) is 0. The average molecular weight is 280 g/mol. The third-order valence-corrected chi connectivity index (χ3v) is 5.05. The van der Waals surface area contributed by atoms with Crippen LogP contribution in [0.1, 0.15) is 22.3 Å². The van der Waals surface area contributed by atoms with Crippen molar-refractivity contribution in [1.29, 1.82) is 0 Å². The van der Waals surface area contributed by atoms with Crippen molar-refractivity contribution in [3.05, 3.63) is 82.9 Å². The molecule has 2 aliphatic rings. The van der Waals surface area contributed by atoms with E-state index in [1.54, 1.807) is 0 Å². The smallest absolute Gasteiger partial charge is 0.000750 e. The van der Waals surface area contributed by atoms with Gasteiger partial charge in [-0.3, -0.25) is 0 Å². The van der Waals surface area contributed by atoms with Crippen LogP contribution in [0.5, 0.6) is 0 Å². The fraction of sp³-hybridized carbons (Fsp3) is 0.0909. The summed E-state index contributed by atoms with van der Waals surface area (Å²) in [6.07, 6.45) is 7.75. The van der Waals surface area contributed by atoms with Crippen molar-refractivity contribution in [3.8, 4) is 11.1 Å². The molecule has 0 N–H and O–H groups in total. The van der Waals surface area contributed by atoms with Crippen molar-refractivity contribution < 1.29 is 0 Å². The molecule has 3 aromatic carbocycles. The largest absolute Gasteiger partial charge is 0.0614 e. The van der Waals surface area contributed by atoms with Crippen LogP contribution in [0.2, 0.25) is 0 Å². The second kappa shape index (κ2) is 4.20. The molecular formula is C22H16. The molecule has 0 fully saturated rings. The lowest BCUT2D eigenvalue weighted by molar-refractivity contribution is 1.30. The van der Waals surface area contributed by atoms with E-state index in [1.807, 2.05) is 0 Å². The minimum absolute atomic E-state index is 1.02. The first kappa shape index (κ1) is 12.0. The summed E-state index contributed by atoms with van der Waals surface area (Å²) >= 11 is 0. The van der Waals surface area contributed by atoms with Gasteiger partial charge in [-0.1, -0.05) is 66.8 Å². The SMILES string of the molecule is Cc1ccc2c3c(cccc13)C1=CC=Cc3cccc-2c3C1. The van der Waals surface area contributed by atoms with Crippen LogP contribution in [0.15, 0.2) is 60.7 Å². The van der Waals surface area contributed by atoms with Gasteiger partial charge in [0, 0.05) is 0 Å². The summed E-state index contributed by atoms with van der Waals surface area (Å²) in [5.74, 6) is 0. The molecule has 3 aromatic rings. The molecule has 0 saturated heterocycles. The summed E-state index contributed by atoms with van der Waals surface area (Å²) in [5.41, 5.74) is 9.76. The van der Waals surface area contributed by atoms with Gasteiger partial charge in [-0.05, 0) is 63.1 Å². The van der Waals surface area contributed by atoms with Crippen LogP contribution in [0.4, 0.5) is 0 Å². The molecular weight excluding hydrogens is 264 g/mol. The number of rotatable bonds is 0. The summed E-state index contributed by atoms with van der Waals surface area (Å²) in [4.78, 5) is 0. The van der Waals surface area contributed by atoms with Gasteiger partial charge in [-0.2, -0.15) is 0 Å². The molecule has 0 aromatic heterocycles. The van der Waals surface area contributed by atoms with E-state index < -0.39 is 0 Å². The maximum absolute atomic E-state index is 2.30. The molecule has 0 heteroatoms. The number of allylic oxidation sites excluding steroid dienone is 3. The first-order chi connectivity index (χ1) is 10.8. The topological polar surface area (TPSA) is 0 Å². The Morgan fingerprint density at radius 3 is 2.64 bits per heavy atom. The number of fused-ring (bicyclic) bond motifs is 3. The van der Waals surface area contributed by atoms with Crippen molar-refractivity contribution >= 4 is 22.4 Å². The van der Waals surface area contributed by atoms with E-state index in [1.165, 1.54) is 49.7 Å². The first-order valence-corrected chi connectivity index (χ1v) is 7.85. The number of hydrogen-bond acceptors (Lipinski definition) is 0. The Bertz CT molecular complexity index is 1000. The highest BCUT2D eigenvalue weighted by molar-refractivity contribution is 6.08. The quantitative estimate of drug-likeness (QED) is 0.489. The average Bonchev–Trinajstić information content (AvgIpc) is 2.84. The zero-order valence-electron chi connectivity index (χ0n) is 12.6. The molecule has 0 radical (unpaired) electrons. The Hall–Kier alpha value is -2.60. The highest BCUT2D eigenvalue weighted by Gasteiger charge is 2.21. The lowest BCUT2D eigenvalue weighted by Crippen LogP contribution is -1.92. The van der Waals surface area contributed by atoms with Gasteiger partial charge in [0.1, 0.15) is 0 Å². The zero-order valence-corrected chi connectivity index (χ0v) is 12.6. The summed E-state index contributed by atoms with van der Waals surface area (Å²) in [6.45, 7) is 2.21. The van der Waals surface area contributed by atoms with Crippen molar-refractivity contribution in [3.63, 3.8) is 0 Å². The minimum atomic E-state index is 1.02. The monoisotopic (exact) mass is 280 g/mol. The van der Waals surface area contributed by atoms with Crippen LogP contribution in [0.3, 0.4) is 0 Å². The minimum Gasteiger partial charge on any atom is -0.0614 e. The van der Waals surface area contributed by atoms with E-state index in [0.717, 1.165) is 6.42 Å². The Morgan fingerprint density at radius 2 is 1.68 bits per heavy atom. The molecule has 0 saturated carbocycles. The normalized spacial score (nSPS) is 14.5. The van der Waals surface area contributed by atoms with Gasteiger partial charge in [-0.15, -0.1) is 0 Å². The fourth-order valence-electron chi connectivity index (χ4n) is 3.96. The van der Waals surface area contributed by atoms with Crippen LogP contribution in [0, 0.1) is 6.92 Å². The number of hydrogen-bond donors (Lipinski definition) is 0. The Morgan fingerprint density at radius 1 is 0.818 bits per heavy atom. The molecule has 104 valence electrons. The van der Waals surface area contributed by atoms with Crippen molar-refractivity contribution in [1.82, 2.24) is 0 Å². The molecule has 0 nitrogen and oxygen atoms in total. The third kappa shape index (κ3) is 1.47. The molecule has 2 bridgehead atoms. The lowest BCUT2D eigenvalue weighted by Gasteiger charge is -2.13. The molecule has 0 spiro atoms. The Kier molecular flexibility index (Phi) is 2.29. The molecule has 0 unspecified atom stereocenters. The molecule has 0 aliphatic heterocycles. The van der Waals surface area contributed by atoms with Gasteiger partial charge >= 0.3 is 0 Å². The Balaban J connectivity index is 2.07. The van der Waals surface area contributed by atoms with Crippen LogP contribution in [0.25, 0.3) is 33.5 Å². The fourth-order valence-corrected chi connectivity index (χ4v) is 3.96. The van der Waals surface area contributed by atoms with E-state index in [4.69, 9.17) is 0 Å². The summed E-state index contributed by atoms with van der Waals surface area (Å²) in [5, 5.41) is 2.80. The molecule has 0 amide bonds. The summed E-state index contributed by atoms with van der Waals surface area (Å²) < 4.78 is 0. The van der Waals surface area contributed by atoms with E-state index in [2.05, 4.69) is 73.7 Å². The zero-order chi connectivity index (χ0) is 14.7. The lowest BCUT2D eigenvalue weighted by atomic mass is 9.91. The summed E-state index contributed by atoms with van der Waals surface area (Å²) in [6, 6.07) is 18.0. The molecule has 5 rings (SSSR count). The molecule has 22 heavy (non-hydrogen) atoms. The predicted molar refractivity (Wildman–Crippen MR) is 94.8 cm³/mol. The Labute approximate surface area is 130 Å². The highest BCUT2D eigenvalue weighted by Crippen LogP contribution is 2.43. The van der Waals surface area contributed by atoms with Crippen molar-refractivity contribution in [2.45, 2.75) is 13.3 Å². The maximum atomic E-state index is 2.30. The standard InChI is InChI=1S/C22H16/c1-14-11-12-20-19-10-3-6-15-5-2-7-16(13-21(15)19)18-9-4-8-17(14)22(18)20/h2-12H,13H2,1H3. The number of benzene rings is 3. The number of aryl methyl sites for hydroxylation is 1. The van der Waals surface area contributed by atoms with Crippen molar-refractivity contribution in [2.75, 3.05) is 0 Å². The van der Waals surface area contributed by atoms with E-state index in [9.17, 15) is 0 Å². The second-order valence-corrected chi connectivity index (χ2v) is 6.26. The van der Waals surface area contributed by atoms with Gasteiger partial charge < -0.3 is 0 Å². The molecule has 2 aliphatic carbocycles. The van der Waals surface area contributed by atoms with Gasteiger partial charge in [0.2, 0.25) is 0 Å².